The highest BCUT2D eigenvalue weighted by molar-refractivity contribution is 5.96. The third-order valence-corrected chi connectivity index (χ3v) is 4.94. The fraction of sp³-hybridized carbons (Fsp3) is 0.273. The second kappa shape index (κ2) is 8.00. The molecule has 0 radical (unpaired) electrons. The van der Waals surface area contributed by atoms with Crippen molar-refractivity contribution in [2.75, 3.05) is 7.11 Å². The Morgan fingerprint density at radius 1 is 1.12 bits per heavy atom. The number of hydrogen-bond acceptors (Lipinski definition) is 3. The lowest BCUT2D eigenvalue weighted by Crippen LogP contribution is -2.29. The van der Waals surface area contributed by atoms with Crippen LogP contribution in [0, 0.1) is 11.8 Å². The molecule has 3 rings (SSSR count). The molecule has 134 valence electrons. The number of carbonyl (C=O) groups is 1. The normalized spacial score (nSPS) is 16.3. The van der Waals surface area contributed by atoms with E-state index in [1.54, 1.807) is 17.9 Å². The van der Waals surface area contributed by atoms with Crippen LogP contribution < -0.4 is 4.74 Å². The van der Waals surface area contributed by atoms with Crippen molar-refractivity contribution in [3.05, 3.63) is 84.5 Å². The molecule has 1 unspecified atom stereocenters. The van der Waals surface area contributed by atoms with Gasteiger partial charge < -0.3 is 9.30 Å². The lowest BCUT2D eigenvalue weighted by molar-refractivity contribution is 0.0869. The monoisotopic (exact) mass is 348 g/mol. The number of hydrogen-bond donors (Lipinski definition) is 0. The molecular formula is C22H24N2O2. The standard InChI is InChI=1S/C22H24N2O2/c1-16(17-10-12-19(26-3)13-11-17)20(18-8-6-4-5-7-9-18)21(25)22-23-14-15-24(22)2/h4-16,18,20H,1-3H3/t16-,20?/m1/s1. The quantitative estimate of drug-likeness (QED) is 0.730. The Kier molecular flexibility index (Phi) is 5.52. The predicted octanol–water partition coefficient (Wildman–Crippen LogP) is 4.33. The van der Waals surface area contributed by atoms with Gasteiger partial charge in [-0.25, -0.2) is 4.98 Å². The number of methoxy groups -OCH3 is 1. The van der Waals surface area contributed by atoms with Crippen molar-refractivity contribution in [3.63, 3.8) is 0 Å². The molecule has 1 heterocycles. The van der Waals surface area contributed by atoms with Crippen LogP contribution in [-0.4, -0.2) is 22.4 Å². The van der Waals surface area contributed by atoms with E-state index in [9.17, 15) is 4.79 Å². The zero-order valence-electron chi connectivity index (χ0n) is 15.4. The van der Waals surface area contributed by atoms with Gasteiger partial charge in [0.15, 0.2) is 5.82 Å². The number of aromatic nitrogens is 2. The maximum atomic E-state index is 13.4. The van der Waals surface area contributed by atoms with Gasteiger partial charge in [-0.1, -0.05) is 55.5 Å². The van der Waals surface area contributed by atoms with Crippen LogP contribution in [0.15, 0.2) is 73.1 Å². The van der Waals surface area contributed by atoms with Gasteiger partial charge in [-0.3, -0.25) is 4.79 Å². The zero-order valence-corrected chi connectivity index (χ0v) is 15.4. The van der Waals surface area contributed by atoms with Gasteiger partial charge in [-0.15, -0.1) is 0 Å². The largest absolute Gasteiger partial charge is 0.497 e. The van der Waals surface area contributed by atoms with E-state index in [0.717, 1.165) is 11.3 Å². The van der Waals surface area contributed by atoms with Crippen molar-refractivity contribution < 1.29 is 9.53 Å². The average molecular weight is 348 g/mol. The minimum absolute atomic E-state index is 0.00583. The number of benzene rings is 1. The molecule has 0 saturated carbocycles. The van der Waals surface area contributed by atoms with Crippen molar-refractivity contribution >= 4 is 5.78 Å². The average Bonchev–Trinajstić information content (AvgIpc) is 2.92. The molecule has 0 spiro atoms. The SMILES string of the molecule is COc1ccc([C@@H](C)C(C(=O)c2nccn2C)C2C=CC=CC=C2)cc1. The van der Waals surface area contributed by atoms with Gasteiger partial charge in [0.25, 0.3) is 0 Å². The van der Waals surface area contributed by atoms with Crippen LogP contribution in [0.3, 0.4) is 0 Å². The number of ketones is 1. The molecule has 0 aliphatic heterocycles. The Balaban J connectivity index is 1.98. The lowest BCUT2D eigenvalue weighted by atomic mass is 9.75. The zero-order chi connectivity index (χ0) is 18.5. The van der Waals surface area contributed by atoms with E-state index in [0.29, 0.717) is 5.82 Å². The number of allylic oxidation sites excluding steroid dienone is 6. The van der Waals surface area contributed by atoms with Crippen LogP contribution in [0.1, 0.15) is 29.0 Å². The highest BCUT2D eigenvalue weighted by atomic mass is 16.5. The first-order valence-electron chi connectivity index (χ1n) is 8.79. The minimum atomic E-state index is -0.239. The van der Waals surface area contributed by atoms with Crippen LogP contribution in [0.5, 0.6) is 5.75 Å². The molecule has 4 heteroatoms. The van der Waals surface area contributed by atoms with Crippen LogP contribution >= 0.6 is 0 Å². The maximum absolute atomic E-state index is 13.4. The van der Waals surface area contributed by atoms with Crippen LogP contribution in [0.25, 0.3) is 0 Å². The summed E-state index contributed by atoms with van der Waals surface area (Å²) >= 11 is 0. The van der Waals surface area contributed by atoms with E-state index in [2.05, 4.69) is 24.1 Å². The first-order valence-corrected chi connectivity index (χ1v) is 8.79. The molecule has 26 heavy (non-hydrogen) atoms. The molecule has 2 atom stereocenters. The summed E-state index contributed by atoms with van der Waals surface area (Å²) in [4.78, 5) is 17.7. The second-order valence-corrected chi connectivity index (χ2v) is 6.55. The number of imidazole rings is 1. The smallest absolute Gasteiger partial charge is 0.202 e. The van der Waals surface area contributed by atoms with Crippen LogP contribution in [0.2, 0.25) is 0 Å². The summed E-state index contributed by atoms with van der Waals surface area (Å²) in [6.07, 6.45) is 15.6. The summed E-state index contributed by atoms with van der Waals surface area (Å²) < 4.78 is 7.04. The first-order chi connectivity index (χ1) is 12.6. The number of aryl methyl sites for hydroxylation is 1. The maximum Gasteiger partial charge on any atom is 0.202 e. The minimum Gasteiger partial charge on any atom is -0.497 e. The van der Waals surface area contributed by atoms with Crippen LogP contribution in [0.4, 0.5) is 0 Å². The fourth-order valence-corrected chi connectivity index (χ4v) is 3.42. The van der Waals surface area contributed by atoms with Crippen molar-refractivity contribution in [1.82, 2.24) is 9.55 Å². The van der Waals surface area contributed by atoms with E-state index in [1.165, 1.54) is 0 Å². The molecule has 0 saturated heterocycles. The topological polar surface area (TPSA) is 44.1 Å². The molecule has 0 N–H and O–H groups in total. The Hall–Kier alpha value is -2.88. The molecule has 1 aromatic heterocycles. The Bertz CT molecular complexity index is 827. The van der Waals surface area contributed by atoms with E-state index >= 15 is 0 Å². The summed E-state index contributed by atoms with van der Waals surface area (Å²) in [6.45, 7) is 2.10. The lowest BCUT2D eigenvalue weighted by Gasteiger charge is -2.27. The van der Waals surface area contributed by atoms with Crippen LogP contribution in [-0.2, 0) is 7.05 Å². The summed E-state index contributed by atoms with van der Waals surface area (Å²) in [5.41, 5.74) is 1.11. The van der Waals surface area contributed by atoms with Crippen molar-refractivity contribution in [1.29, 1.82) is 0 Å². The number of nitrogens with zero attached hydrogens (tertiary/aromatic N) is 2. The molecule has 1 aliphatic rings. The Morgan fingerprint density at radius 2 is 1.77 bits per heavy atom. The van der Waals surface area contributed by atoms with Gasteiger partial charge in [0.05, 0.1) is 7.11 Å². The number of carbonyl (C=O) groups excluding carboxylic acids is 1. The van der Waals surface area contributed by atoms with Gasteiger partial charge in [0, 0.05) is 31.3 Å². The van der Waals surface area contributed by atoms with Crippen molar-refractivity contribution in [3.8, 4) is 5.75 Å². The summed E-state index contributed by atoms with van der Waals surface area (Å²) in [6, 6.07) is 7.94. The van der Waals surface area contributed by atoms with E-state index in [1.807, 2.05) is 61.8 Å². The number of rotatable bonds is 6. The molecule has 2 aromatic rings. The van der Waals surface area contributed by atoms with Gasteiger partial charge in [-0.05, 0) is 23.6 Å². The second-order valence-electron chi connectivity index (χ2n) is 6.55. The van der Waals surface area contributed by atoms with Gasteiger partial charge >= 0.3 is 0 Å². The number of Topliss-reactive ketones (excluding diaryl/α,β-unsaturated/α-hetero) is 1. The van der Waals surface area contributed by atoms with E-state index < -0.39 is 0 Å². The molecule has 1 aromatic carbocycles. The van der Waals surface area contributed by atoms with Crippen molar-refractivity contribution in [2.24, 2.45) is 18.9 Å². The van der Waals surface area contributed by atoms with E-state index in [-0.39, 0.29) is 23.5 Å². The Labute approximate surface area is 154 Å². The van der Waals surface area contributed by atoms with E-state index in [4.69, 9.17) is 4.74 Å². The molecule has 1 aliphatic carbocycles. The third kappa shape index (κ3) is 3.69. The summed E-state index contributed by atoms with van der Waals surface area (Å²) in [5, 5.41) is 0. The van der Waals surface area contributed by atoms with Crippen molar-refractivity contribution in [2.45, 2.75) is 12.8 Å². The molecule has 0 bridgehead atoms. The fourth-order valence-electron chi connectivity index (χ4n) is 3.42. The first kappa shape index (κ1) is 17.9. The Morgan fingerprint density at radius 3 is 2.31 bits per heavy atom. The van der Waals surface area contributed by atoms with Gasteiger partial charge in [-0.2, -0.15) is 0 Å². The highest BCUT2D eigenvalue weighted by Crippen LogP contribution is 2.35. The summed E-state index contributed by atoms with van der Waals surface area (Å²) in [5.74, 6) is 1.16. The van der Waals surface area contributed by atoms with Gasteiger partial charge in [0.1, 0.15) is 5.75 Å². The summed E-state index contributed by atoms with van der Waals surface area (Å²) in [7, 11) is 3.51. The number of ether oxygens (including phenoxy) is 1. The predicted molar refractivity (Wildman–Crippen MR) is 103 cm³/mol. The molecule has 4 nitrogen and oxygen atoms in total. The molecule has 0 fully saturated rings. The highest BCUT2D eigenvalue weighted by Gasteiger charge is 2.34. The van der Waals surface area contributed by atoms with Gasteiger partial charge in [0.2, 0.25) is 5.78 Å². The third-order valence-electron chi connectivity index (χ3n) is 4.94. The molecular weight excluding hydrogens is 324 g/mol. The molecule has 0 amide bonds.